The fourth-order valence-electron chi connectivity index (χ4n) is 3.30. The molecule has 0 aromatic carbocycles. The number of aromatic nitrogens is 4. The molecule has 2 aromatic heterocycles. The van der Waals surface area contributed by atoms with Gasteiger partial charge in [-0.15, -0.1) is 0 Å². The molecule has 2 aromatic rings. The van der Waals surface area contributed by atoms with Crippen molar-refractivity contribution in [3.63, 3.8) is 0 Å². The highest BCUT2D eigenvalue weighted by Gasteiger charge is 2.31. The Kier molecular flexibility index (Phi) is 4.46. The van der Waals surface area contributed by atoms with Crippen molar-refractivity contribution in [1.82, 2.24) is 19.1 Å². The first-order valence-electron chi connectivity index (χ1n) is 8.26. The minimum atomic E-state index is -0.781. The van der Waals surface area contributed by atoms with E-state index in [-0.39, 0.29) is 29.8 Å². The van der Waals surface area contributed by atoms with Gasteiger partial charge >= 0.3 is 5.69 Å². The first kappa shape index (κ1) is 16.7. The molecule has 3 heterocycles. The lowest BCUT2D eigenvalue weighted by Gasteiger charge is -2.14. The van der Waals surface area contributed by atoms with Gasteiger partial charge in [0.2, 0.25) is 5.95 Å². The van der Waals surface area contributed by atoms with Crippen molar-refractivity contribution in [3.8, 4) is 0 Å². The van der Waals surface area contributed by atoms with Gasteiger partial charge in [-0.25, -0.2) is 9.36 Å². The van der Waals surface area contributed by atoms with Gasteiger partial charge in [0.15, 0.2) is 11.2 Å². The molecule has 1 saturated heterocycles. The molecule has 1 aliphatic heterocycles. The molecule has 9 heteroatoms. The van der Waals surface area contributed by atoms with Crippen molar-refractivity contribution >= 4 is 17.1 Å². The number of imidazole rings is 1. The predicted molar refractivity (Wildman–Crippen MR) is 88.8 cm³/mol. The maximum absolute atomic E-state index is 12.8. The van der Waals surface area contributed by atoms with Crippen LogP contribution in [0.15, 0.2) is 9.59 Å². The van der Waals surface area contributed by atoms with Crippen molar-refractivity contribution in [1.29, 1.82) is 0 Å². The van der Waals surface area contributed by atoms with E-state index in [4.69, 9.17) is 10.5 Å². The molecule has 0 saturated carbocycles. The lowest BCUT2D eigenvalue weighted by atomic mass is 10.1. The smallest absolute Gasteiger partial charge is 0.332 e. The van der Waals surface area contributed by atoms with Gasteiger partial charge in [-0.05, 0) is 26.2 Å². The van der Waals surface area contributed by atoms with Crippen LogP contribution in [0.25, 0.3) is 11.2 Å². The lowest BCUT2D eigenvalue weighted by Crippen LogP contribution is -2.30. The van der Waals surface area contributed by atoms with E-state index in [1.807, 2.05) is 0 Å². The lowest BCUT2D eigenvalue weighted by molar-refractivity contribution is -0.00185. The average molecular weight is 337 g/mol. The molecule has 1 aliphatic rings. The van der Waals surface area contributed by atoms with E-state index in [1.165, 1.54) is 9.13 Å². The van der Waals surface area contributed by atoms with Crippen LogP contribution in [-0.2, 0) is 11.3 Å². The number of H-pyrrole nitrogens is 1. The zero-order valence-corrected chi connectivity index (χ0v) is 13.9. The van der Waals surface area contributed by atoms with Gasteiger partial charge < -0.3 is 15.6 Å². The fourth-order valence-corrected chi connectivity index (χ4v) is 3.30. The second kappa shape index (κ2) is 6.40. The molecule has 1 fully saturated rings. The fraction of sp³-hybridized carbons (Fsp3) is 0.667. The molecule has 9 nitrogen and oxygen atoms in total. The van der Waals surface area contributed by atoms with Crippen LogP contribution in [0.5, 0.6) is 0 Å². The number of nitrogens with one attached hydrogen (secondary N) is 1. The molecule has 0 bridgehead atoms. The van der Waals surface area contributed by atoms with Gasteiger partial charge in [0, 0.05) is 0 Å². The first-order chi connectivity index (χ1) is 11.4. The Morgan fingerprint density at radius 3 is 2.88 bits per heavy atom. The third-order valence-corrected chi connectivity index (χ3v) is 4.26. The van der Waals surface area contributed by atoms with Gasteiger partial charge in [-0.1, -0.05) is 13.3 Å². The summed E-state index contributed by atoms with van der Waals surface area (Å²) in [5, 5.41) is 9.66. The van der Waals surface area contributed by atoms with Gasteiger partial charge in [0.1, 0.15) is 6.23 Å². The summed E-state index contributed by atoms with van der Waals surface area (Å²) >= 11 is 0. The van der Waals surface area contributed by atoms with E-state index < -0.39 is 23.6 Å². The third-order valence-electron chi connectivity index (χ3n) is 4.26. The van der Waals surface area contributed by atoms with Crippen LogP contribution in [-0.4, -0.2) is 36.4 Å². The molecule has 0 spiro atoms. The van der Waals surface area contributed by atoms with Crippen LogP contribution in [0.3, 0.4) is 0 Å². The number of aliphatic hydroxyl groups excluding tert-OH is 1. The van der Waals surface area contributed by atoms with E-state index in [2.05, 4.69) is 16.9 Å². The number of rotatable bonds is 5. The summed E-state index contributed by atoms with van der Waals surface area (Å²) < 4.78 is 8.59. The molecule has 3 unspecified atom stereocenters. The van der Waals surface area contributed by atoms with Gasteiger partial charge in [0.25, 0.3) is 5.56 Å². The predicted octanol–water partition coefficient (Wildman–Crippen LogP) is 0.327. The molecule has 3 rings (SSSR count). The second-order valence-electron chi connectivity index (χ2n) is 6.31. The number of hydrogen-bond acceptors (Lipinski definition) is 6. The third kappa shape index (κ3) is 2.84. The molecular weight excluding hydrogens is 314 g/mol. The number of nitrogens with two attached hydrogens (primary N) is 1. The Balaban J connectivity index is 2.16. The van der Waals surface area contributed by atoms with Gasteiger partial charge in [-0.2, -0.15) is 4.98 Å². The highest BCUT2D eigenvalue weighted by Crippen LogP contribution is 2.31. The first-order valence-corrected chi connectivity index (χ1v) is 8.26. The maximum Gasteiger partial charge on any atom is 0.332 e. The minimum absolute atomic E-state index is 0.00210. The van der Waals surface area contributed by atoms with Crippen LogP contribution in [0.1, 0.15) is 45.8 Å². The SMILES string of the molecule is CCCC1CCC(n2c(=O)n(CC(C)O)c3c(=O)[nH]c(N)nc32)O1. The van der Waals surface area contributed by atoms with Gasteiger partial charge in [-0.3, -0.25) is 14.3 Å². The number of fused-ring (bicyclic) bond motifs is 1. The highest BCUT2D eigenvalue weighted by molar-refractivity contribution is 5.71. The van der Waals surface area contributed by atoms with Crippen molar-refractivity contribution in [2.24, 2.45) is 0 Å². The summed E-state index contributed by atoms with van der Waals surface area (Å²) in [5.41, 5.74) is 5.03. The molecule has 3 atom stereocenters. The van der Waals surface area contributed by atoms with Crippen LogP contribution >= 0.6 is 0 Å². The standard InChI is InChI=1S/C15H23N5O4/c1-3-4-9-5-6-10(24-9)20-12-11(13(22)18-14(16)17-12)19(15(20)23)7-8(2)21/h8-10,21H,3-7H2,1-2H3,(H3,16,17,18,22). The molecule has 0 radical (unpaired) electrons. The summed E-state index contributed by atoms with van der Waals surface area (Å²) in [6.07, 6.45) is 2.30. The summed E-state index contributed by atoms with van der Waals surface area (Å²) in [4.78, 5) is 31.7. The number of ether oxygens (including phenoxy) is 1. The van der Waals surface area contributed by atoms with Crippen molar-refractivity contribution in [2.45, 2.75) is 64.5 Å². The molecule has 132 valence electrons. The van der Waals surface area contributed by atoms with Crippen molar-refractivity contribution < 1.29 is 9.84 Å². The van der Waals surface area contributed by atoms with Gasteiger partial charge in [0.05, 0.1) is 18.8 Å². The highest BCUT2D eigenvalue weighted by atomic mass is 16.5. The molecule has 4 N–H and O–H groups in total. The van der Waals surface area contributed by atoms with Crippen LogP contribution in [0.4, 0.5) is 5.95 Å². The summed E-state index contributed by atoms with van der Waals surface area (Å²) in [6, 6.07) is 0. The molecule has 0 aliphatic carbocycles. The number of nitrogen functional groups attached to an aromatic ring is 1. The van der Waals surface area contributed by atoms with Crippen LogP contribution < -0.4 is 17.0 Å². The van der Waals surface area contributed by atoms with Crippen molar-refractivity contribution in [2.75, 3.05) is 5.73 Å². The number of anilines is 1. The molecule has 24 heavy (non-hydrogen) atoms. The van der Waals surface area contributed by atoms with E-state index in [0.717, 1.165) is 19.3 Å². The zero-order valence-electron chi connectivity index (χ0n) is 13.9. The normalized spacial score (nSPS) is 22.3. The largest absolute Gasteiger partial charge is 0.392 e. The van der Waals surface area contributed by atoms with E-state index in [0.29, 0.717) is 6.42 Å². The molecule has 0 amide bonds. The number of hydrogen-bond donors (Lipinski definition) is 3. The Morgan fingerprint density at radius 2 is 2.21 bits per heavy atom. The quantitative estimate of drug-likeness (QED) is 0.721. The Labute approximate surface area is 138 Å². The Hall–Kier alpha value is -2.13. The van der Waals surface area contributed by atoms with Crippen LogP contribution in [0.2, 0.25) is 0 Å². The number of aliphatic hydroxyl groups is 1. The van der Waals surface area contributed by atoms with E-state index >= 15 is 0 Å². The number of aromatic amines is 1. The molecular formula is C15H23N5O4. The summed E-state index contributed by atoms with van der Waals surface area (Å²) in [6.45, 7) is 3.64. The Bertz CT molecular complexity index is 850. The monoisotopic (exact) mass is 337 g/mol. The Morgan fingerprint density at radius 1 is 1.46 bits per heavy atom. The van der Waals surface area contributed by atoms with E-state index in [1.54, 1.807) is 6.92 Å². The second-order valence-corrected chi connectivity index (χ2v) is 6.31. The summed E-state index contributed by atoms with van der Waals surface area (Å²) in [5.74, 6) is -0.0569. The van der Waals surface area contributed by atoms with Crippen LogP contribution in [0, 0.1) is 0 Å². The minimum Gasteiger partial charge on any atom is -0.392 e. The average Bonchev–Trinajstić information content (AvgIpc) is 3.03. The van der Waals surface area contributed by atoms with E-state index in [9.17, 15) is 14.7 Å². The van der Waals surface area contributed by atoms with Crippen molar-refractivity contribution in [3.05, 3.63) is 20.8 Å². The zero-order chi connectivity index (χ0) is 17.4. The number of nitrogens with zero attached hydrogens (tertiary/aromatic N) is 3. The summed E-state index contributed by atoms with van der Waals surface area (Å²) in [7, 11) is 0. The maximum atomic E-state index is 12.8. The topological polar surface area (TPSA) is 128 Å².